The molecule has 1 rings (SSSR count). The Labute approximate surface area is 102 Å². The molecule has 1 aliphatic carbocycles. The molecule has 0 aliphatic heterocycles. The standard InChI is InChI=1S/C12H22O5/c1-15-12(14)10-2-4-11(5-3-10)17-9-8-16-7-6-13/h10-11,13H,2-9H2,1H3. The van der Waals surface area contributed by atoms with Crippen LogP contribution in [0.3, 0.4) is 0 Å². The van der Waals surface area contributed by atoms with Gasteiger partial charge >= 0.3 is 5.97 Å². The van der Waals surface area contributed by atoms with Crippen molar-refractivity contribution in [2.24, 2.45) is 5.92 Å². The normalized spacial score (nSPS) is 24.6. The Hall–Kier alpha value is -0.650. The van der Waals surface area contributed by atoms with Crippen molar-refractivity contribution in [1.29, 1.82) is 0 Å². The first kappa shape index (κ1) is 14.4. The zero-order valence-electron chi connectivity index (χ0n) is 10.4. The first-order chi connectivity index (χ1) is 8.27. The SMILES string of the molecule is COC(=O)C1CCC(OCCOCCO)CC1. The maximum Gasteiger partial charge on any atom is 0.308 e. The molecule has 5 nitrogen and oxygen atoms in total. The van der Waals surface area contributed by atoms with E-state index in [-0.39, 0.29) is 24.6 Å². The smallest absolute Gasteiger partial charge is 0.308 e. The number of hydrogen-bond donors (Lipinski definition) is 1. The molecule has 17 heavy (non-hydrogen) atoms. The average Bonchev–Trinajstić information content (AvgIpc) is 2.38. The van der Waals surface area contributed by atoms with Crippen molar-refractivity contribution in [1.82, 2.24) is 0 Å². The molecule has 0 saturated heterocycles. The maximum absolute atomic E-state index is 11.3. The Kier molecular flexibility index (Phi) is 7.16. The summed E-state index contributed by atoms with van der Waals surface area (Å²) in [5, 5.41) is 8.51. The zero-order valence-corrected chi connectivity index (χ0v) is 10.4. The highest BCUT2D eigenvalue weighted by atomic mass is 16.5. The van der Waals surface area contributed by atoms with Crippen LogP contribution in [0.5, 0.6) is 0 Å². The van der Waals surface area contributed by atoms with E-state index in [4.69, 9.17) is 19.3 Å². The molecule has 0 aromatic heterocycles. The Bertz CT molecular complexity index is 211. The minimum Gasteiger partial charge on any atom is -0.469 e. The highest BCUT2D eigenvalue weighted by Crippen LogP contribution is 2.26. The molecule has 1 N–H and O–H groups in total. The molecule has 0 radical (unpaired) electrons. The molecule has 0 aromatic rings. The summed E-state index contributed by atoms with van der Waals surface area (Å²) in [5.41, 5.74) is 0. The van der Waals surface area contributed by atoms with Crippen molar-refractivity contribution in [3.8, 4) is 0 Å². The summed E-state index contributed by atoms with van der Waals surface area (Å²) in [4.78, 5) is 11.3. The molecular formula is C12H22O5. The van der Waals surface area contributed by atoms with E-state index < -0.39 is 0 Å². The fourth-order valence-electron chi connectivity index (χ4n) is 2.07. The number of carbonyl (C=O) groups is 1. The molecule has 1 fully saturated rings. The van der Waals surface area contributed by atoms with E-state index in [0.717, 1.165) is 25.7 Å². The summed E-state index contributed by atoms with van der Waals surface area (Å²) in [5.74, 6) is -0.0554. The van der Waals surface area contributed by atoms with Crippen molar-refractivity contribution in [2.75, 3.05) is 33.5 Å². The lowest BCUT2D eigenvalue weighted by molar-refractivity contribution is -0.147. The molecule has 0 heterocycles. The van der Waals surface area contributed by atoms with Gasteiger partial charge in [-0.3, -0.25) is 4.79 Å². The molecule has 1 saturated carbocycles. The Morgan fingerprint density at radius 3 is 2.47 bits per heavy atom. The van der Waals surface area contributed by atoms with Crippen LogP contribution in [-0.4, -0.2) is 50.7 Å². The predicted octanol–water partition coefficient (Wildman–Crippen LogP) is 0.744. The molecule has 1 aliphatic rings. The van der Waals surface area contributed by atoms with Gasteiger partial charge in [0.15, 0.2) is 0 Å². The third-order valence-corrected chi connectivity index (χ3v) is 3.03. The number of esters is 1. The van der Waals surface area contributed by atoms with Crippen LogP contribution in [0, 0.1) is 5.92 Å². The van der Waals surface area contributed by atoms with E-state index in [1.54, 1.807) is 0 Å². The summed E-state index contributed by atoms with van der Waals surface area (Å²) in [6, 6.07) is 0. The van der Waals surface area contributed by atoms with Crippen LogP contribution in [-0.2, 0) is 19.0 Å². The molecule has 0 bridgehead atoms. The lowest BCUT2D eigenvalue weighted by Crippen LogP contribution is -2.27. The van der Waals surface area contributed by atoms with E-state index in [1.165, 1.54) is 7.11 Å². The molecule has 0 spiro atoms. The number of carbonyl (C=O) groups excluding carboxylic acids is 1. The number of aliphatic hydroxyl groups excluding tert-OH is 1. The second-order valence-corrected chi connectivity index (χ2v) is 4.20. The minimum atomic E-state index is -0.102. The summed E-state index contributed by atoms with van der Waals surface area (Å²) < 4.78 is 15.5. The van der Waals surface area contributed by atoms with Crippen molar-refractivity contribution < 1.29 is 24.1 Å². The van der Waals surface area contributed by atoms with Gasteiger partial charge in [-0.1, -0.05) is 0 Å². The van der Waals surface area contributed by atoms with Gasteiger partial charge in [-0.25, -0.2) is 0 Å². The van der Waals surface area contributed by atoms with Crippen LogP contribution >= 0.6 is 0 Å². The van der Waals surface area contributed by atoms with Crippen molar-refractivity contribution in [3.05, 3.63) is 0 Å². The van der Waals surface area contributed by atoms with Crippen LogP contribution < -0.4 is 0 Å². The zero-order chi connectivity index (χ0) is 12.5. The van der Waals surface area contributed by atoms with Gasteiger partial charge in [-0.05, 0) is 25.7 Å². The summed E-state index contributed by atoms with van der Waals surface area (Å²) in [6.45, 7) is 1.47. The van der Waals surface area contributed by atoms with Gasteiger partial charge in [0.25, 0.3) is 0 Å². The van der Waals surface area contributed by atoms with Crippen LogP contribution in [0.2, 0.25) is 0 Å². The highest BCUT2D eigenvalue weighted by molar-refractivity contribution is 5.72. The second kappa shape index (κ2) is 8.44. The molecule has 0 amide bonds. The van der Waals surface area contributed by atoms with E-state index in [2.05, 4.69) is 0 Å². The summed E-state index contributed by atoms with van der Waals surface area (Å²) >= 11 is 0. The molecular weight excluding hydrogens is 224 g/mol. The third kappa shape index (κ3) is 5.48. The van der Waals surface area contributed by atoms with Crippen molar-refractivity contribution >= 4 is 5.97 Å². The largest absolute Gasteiger partial charge is 0.469 e. The van der Waals surface area contributed by atoms with Gasteiger partial charge < -0.3 is 19.3 Å². The maximum atomic E-state index is 11.3. The van der Waals surface area contributed by atoms with Crippen LogP contribution in [0.1, 0.15) is 25.7 Å². The van der Waals surface area contributed by atoms with Gasteiger partial charge in [-0.2, -0.15) is 0 Å². The van der Waals surface area contributed by atoms with Crippen molar-refractivity contribution in [3.63, 3.8) is 0 Å². The molecule has 0 aromatic carbocycles. The van der Waals surface area contributed by atoms with Gasteiger partial charge in [0.1, 0.15) is 0 Å². The van der Waals surface area contributed by atoms with E-state index in [0.29, 0.717) is 19.8 Å². The van der Waals surface area contributed by atoms with Crippen LogP contribution in [0.25, 0.3) is 0 Å². The van der Waals surface area contributed by atoms with Crippen LogP contribution in [0.4, 0.5) is 0 Å². The molecule has 5 heteroatoms. The fourth-order valence-corrected chi connectivity index (χ4v) is 2.07. The topological polar surface area (TPSA) is 65.0 Å². The first-order valence-electron chi connectivity index (χ1n) is 6.16. The fraction of sp³-hybridized carbons (Fsp3) is 0.917. The number of hydrogen-bond acceptors (Lipinski definition) is 5. The third-order valence-electron chi connectivity index (χ3n) is 3.03. The number of aliphatic hydroxyl groups is 1. The van der Waals surface area contributed by atoms with Gasteiger partial charge in [0, 0.05) is 0 Å². The highest BCUT2D eigenvalue weighted by Gasteiger charge is 2.26. The summed E-state index contributed by atoms with van der Waals surface area (Å²) in [7, 11) is 1.43. The molecule has 0 atom stereocenters. The van der Waals surface area contributed by atoms with E-state index >= 15 is 0 Å². The summed E-state index contributed by atoms with van der Waals surface area (Å²) in [6.07, 6.45) is 3.72. The predicted molar refractivity (Wildman–Crippen MR) is 61.6 cm³/mol. The lowest BCUT2D eigenvalue weighted by atomic mass is 9.87. The van der Waals surface area contributed by atoms with Gasteiger partial charge in [0.2, 0.25) is 0 Å². The molecule has 100 valence electrons. The van der Waals surface area contributed by atoms with Crippen molar-refractivity contribution in [2.45, 2.75) is 31.8 Å². The Balaban J connectivity index is 2.05. The number of rotatable bonds is 7. The second-order valence-electron chi connectivity index (χ2n) is 4.20. The average molecular weight is 246 g/mol. The Morgan fingerprint density at radius 2 is 1.88 bits per heavy atom. The van der Waals surface area contributed by atoms with E-state index in [1.807, 2.05) is 0 Å². The minimum absolute atomic E-state index is 0.0459. The van der Waals surface area contributed by atoms with Crippen LogP contribution in [0.15, 0.2) is 0 Å². The Morgan fingerprint density at radius 1 is 1.18 bits per heavy atom. The lowest BCUT2D eigenvalue weighted by Gasteiger charge is -2.26. The molecule has 0 unspecified atom stereocenters. The monoisotopic (exact) mass is 246 g/mol. The van der Waals surface area contributed by atoms with Gasteiger partial charge in [-0.15, -0.1) is 0 Å². The quantitative estimate of drug-likeness (QED) is 0.530. The van der Waals surface area contributed by atoms with E-state index in [9.17, 15) is 4.79 Å². The van der Waals surface area contributed by atoms with Gasteiger partial charge in [0.05, 0.1) is 45.6 Å². The first-order valence-corrected chi connectivity index (χ1v) is 6.16. The number of ether oxygens (including phenoxy) is 3. The number of methoxy groups -OCH3 is 1.